The molecule has 1 unspecified atom stereocenters. The van der Waals surface area contributed by atoms with Gasteiger partial charge >= 0.3 is 6.09 Å². The third-order valence-corrected chi connectivity index (χ3v) is 2.76. The maximum atomic E-state index is 11.8. The largest absolute Gasteiger partial charge is 0.444 e. The van der Waals surface area contributed by atoms with E-state index in [4.69, 9.17) is 4.74 Å². The Morgan fingerprint density at radius 3 is 2.70 bits per heavy atom. The number of nitrogens with one attached hydrogen (secondary N) is 2. The van der Waals surface area contributed by atoms with Crippen molar-refractivity contribution in [2.45, 2.75) is 32.4 Å². The molecule has 0 saturated heterocycles. The summed E-state index contributed by atoms with van der Waals surface area (Å²) in [6.07, 6.45) is 1.81. The Labute approximate surface area is 117 Å². The highest BCUT2D eigenvalue weighted by Gasteiger charge is 2.21. The lowest BCUT2D eigenvalue weighted by atomic mass is 10.1. The van der Waals surface area contributed by atoms with Crippen molar-refractivity contribution < 1.29 is 14.3 Å². The number of hydrogen-bond donors (Lipinski definition) is 2. The number of carbonyl (C=O) groups is 2. The van der Waals surface area contributed by atoms with E-state index in [0.717, 1.165) is 16.5 Å². The van der Waals surface area contributed by atoms with E-state index in [0.29, 0.717) is 6.29 Å². The molecular weight excluding hydrogens is 256 g/mol. The van der Waals surface area contributed by atoms with Crippen LogP contribution >= 0.6 is 0 Å². The Morgan fingerprint density at radius 2 is 2.05 bits per heavy atom. The number of fused-ring (bicyclic) bond motifs is 1. The second-order valence-corrected chi connectivity index (χ2v) is 5.55. The first-order valence-corrected chi connectivity index (χ1v) is 6.41. The number of rotatable bonds is 3. The molecule has 2 aromatic rings. The lowest BCUT2D eigenvalue weighted by molar-refractivity contribution is -0.109. The minimum Gasteiger partial charge on any atom is -0.444 e. The number of carbonyl (C=O) groups excluding carboxylic acids is 2. The van der Waals surface area contributed by atoms with Gasteiger partial charge in [0.25, 0.3) is 0 Å². The molecule has 0 fully saturated rings. The Bertz CT molecular complexity index is 625. The van der Waals surface area contributed by atoms with Gasteiger partial charge in [-0.25, -0.2) is 4.79 Å². The van der Waals surface area contributed by atoms with Crippen molar-refractivity contribution in [3.05, 3.63) is 36.0 Å². The van der Waals surface area contributed by atoms with E-state index in [-0.39, 0.29) is 0 Å². The maximum Gasteiger partial charge on any atom is 0.408 e. The highest BCUT2D eigenvalue weighted by Crippen LogP contribution is 2.23. The van der Waals surface area contributed by atoms with Crippen molar-refractivity contribution in [1.82, 2.24) is 10.3 Å². The summed E-state index contributed by atoms with van der Waals surface area (Å²) in [5.41, 5.74) is 1.04. The second kappa shape index (κ2) is 5.36. The van der Waals surface area contributed by atoms with Crippen LogP contribution in [0.2, 0.25) is 0 Å². The molecule has 5 heteroatoms. The molecule has 2 N–H and O–H groups in total. The van der Waals surface area contributed by atoms with E-state index in [1.54, 1.807) is 27.0 Å². The quantitative estimate of drug-likeness (QED) is 0.845. The van der Waals surface area contributed by atoms with Gasteiger partial charge < -0.3 is 19.8 Å². The van der Waals surface area contributed by atoms with Crippen LogP contribution in [0.4, 0.5) is 4.79 Å². The zero-order valence-electron chi connectivity index (χ0n) is 11.8. The minimum absolute atomic E-state index is 0.599. The monoisotopic (exact) mass is 274 g/mol. The van der Waals surface area contributed by atoms with Gasteiger partial charge in [0, 0.05) is 22.7 Å². The van der Waals surface area contributed by atoms with Gasteiger partial charge in [0.2, 0.25) is 0 Å². The molecule has 1 atom stereocenters. The first-order valence-electron chi connectivity index (χ1n) is 6.41. The Hall–Kier alpha value is -2.30. The number of aromatic amines is 1. The summed E-state index contributed by atoms with van der Waals surface area (Å²) < 4.78 is 5.16. The number of ether oxygens (including phenoxy) is 1. The number of aldehydes is 1. The predicted octanol–water partition coefficient (Wildman–Crippen LogP) is 2.93. The molecule has 0 aliphatic rings. The second-order valence-electron chi connectivity index (χ2n) is 5.55. The molecule has 5 nitrogen and oxygen atoms in total. The molecule has 1 heterocycles. The van der Waals surface area contributed by atoms with Gasteiger partial charge in [0.1, 0.15) is 17.9 Å². The highest BCUT2D eigenvalue weighted by atomic mass is 16.6. The van der Waals surface area contributed by atoms with E-state index in [9.17, 15) is 9.59 Å². The summed E-state index contributed by atoms with van der Waals surface area (Å²) in [6.45, 7) is 5.32. The molecule has 1 aromatic carbocycles. The fourth-order valence-electron chi connectivity index (χ4n) is 1.97. The number of hydrogen-bond acceptors (Lipinski definition) is 3. The molecule has 20 heavy (non-hydrogen) atoms. The minimum atomic E-state index is -0.735. The van der Waals surface area contributed by atoms with Crippen LogP contribution in [0.25, 0.3) is 10.9 Å². The predicted molar refractivity (Wildman–Crippen MR) is 76.5 cm³/mol. The van der Waals surface area contributed by atoms with Crippen molar-refractivity contribution in [3.8, 4) is 0 Å². The number of alkyl carbamates (subject to hydrolysis) is 1. The normalized spacial score (nSPS) is 12.9. The molecule has 1 amide bonds. The van der Waals surface area contributed by atoms with E-state index < -0.39 is 17.7 Å². The average molecular weight is 274 g/mol. The van der Waals surface area contributed by atoms with Gasteiger partial charge in [-0.15, -0.1) is 0 Å². The fraction of sp³-hybridized carbons (Fsp3) is 0.333. The summed E-state index contributed by atoms with van der Waals surface area (Å²) >= 11 is 0. The Morgan fingerprint density at radius 1 is 1.35 bits per heavy atom. The van der Waals surface area contributed by atoms with Crippen LogP contribution in [-0.2, 0) is 9.53 Å². The fourth-order valence-corrected chi connectivity index (χ4v) is 1.97. The lowest BCUT2D eigenvalue weighted by Crippen LogP contribution is -2.35. The van der Waals surface area contributed by atoms with Gasteiger partial charge in [-0.1, -0.05) is 18.2 Å². The number of para-hydroxylation sites is 1. The summed E-state index contributed by atoms with van der Waals surface area (Å²) in [7, 11) is 0. The molecule has 0 bridgehead atoms. The number of H-pyrrole nitrogens is 1. The topological polar surface area (TPSA) is 71.2 Å². The van der Waals surface area contributed by atoms with Gasteiger partial charge in [0.05, 0.1) is 0 Å². The van der Waals surface area contributed by atoms with Crippen molar-refractivity contribution in [2.75, 3.05) is 0 Å². The summed E-state index contributed by atoms with van der Waals surface area (Å²) in [6, 6.07) is 6.86. The van der Waals surface area contributed by atoms with E-state index in [1.165, 1.54) is 0 Å². The molecule has 0 aliphatic heterocycles. The van der Waals surface area contributed by atoms with E-state index in [2.05, 4.69) is 10.3 Å². The Kier molecular flexibility index (Phi) is 3.79. The SMILES string of the molecule is CC(C)(C)OC(=O)NC(C=O)c1c[nH]c2ccccc12. The third-order valence-electron chi connectivity index (χ3n) is 2.76. The molecule has 2 rings (SSSR count). The first kappa shape index (κ1) is 14.1. The zero-order valence-corrected chi connectivity index (χ0v) is 11.8. The van der Waals surface area contributed by atoms with E-state index in [1.807, 2.05) is 24.3 Å². The van der Waals surface area contributed by atoms with Crippen molar-refractivity contribution >= 4 is 23.3 Å². The van der Waals surface area contributed by atoms with Crippen LogP contribution in [0.3, 0.4) is 0 Å². The molecule has 0 radical (unpaired) electrons. The molecule has 1 aromatic heterocycles. The van der Waals surface area contributed by atoms with Crippen molar-refractivity contribution in [1.29, 1.82) is 0 Å². The number of amides is 1. The molecule has 106 valence electrons. The van der Waals surface area contributed by atoms with Crippen molar-refractivity contribution in [2.24, 2.45) is 0 Å². The molecule has 0 spiro atoms. The first-order chi connectivity index (χ1) is 9.40. The van der Waals surface area contributed by atoms with Crippen molar-refractivity contribution in [3.63, 3.8) is 0 Å². The Balaban J connectivity index is 2.20. The molecule has 0 saturated carbocycles. The number of benzene rings is 1. The molecular formula is C15H18N2O3. The molecule has 0 aliphatic carbocycles. The smallest absolute Gasteiger partial charge is 0.408 e. The highest BCUT2D eigenvalue weighted by molar-refractivity contribution is 5.87. The average Bonchev–Trinajstić information content (AvgIpc) is 2.77. The number of aromatic nitrogens is 1. The summed E-state index contributed by atoms with van der Waals surface area (Å²) in [5, 5.41) is 3.47. The summed E-state index contributed by atoms with van der Waals surface area (Å²) in [4.78, 5) is 26.1. The van der Waals surface area contributed by atoms with Crippen LogP contribution < -0.4 is 5.32 Å². The van der Waals surface area contributed by atoms with Crippen LogP contribution in [0.1, 0.15) is 32.4 Å². The zero-order chi connectivity index (χ0) is 14.8. The van der Waals surface area contributed by atoms with Crippen LogP contribution in [0.15, 0.2) is 30.5 Å². The van der Waals surface area contributed by atoms with Gasteiger partial charge in [-0.05, 0) is 26.8 Å². The van der Waals surface area contributed by atoms with Crippen LogP contribution in [-0.4, -0.2) is 23.0 Å². The third kappa shape index (κ3) is 3.17. The van der Waals surface area contributed by atoms with Gasteiger partial charge in [-0.3, -0.25) is 0 Å². The van der Waals surface area contributed by atoms with Gasteiger partial charge in [0.15, 0.2) is 0 Å². The van der Waals surface area contributed by atoms with Crippen LogP contribution in [0, 0.1) is 0 Å². The maximum absolute atomic E-state index is 11.8. The standard InChI is InChI=1S/C15H18N2O3/c1-15(2,3)20-14(19)17-13(9-18)11-8-16-12-7-5-4-6-10(11)12/h4-9,13,16H,1-3H3,(H,17,19). The van der Waals surface area contributed by atoms with Crippen LogP contribution in [0.5, 0.6) is 0 Å². The summed E-state index contributed by atoms with van der Waals surface area (Å²) in [5.74, 6) is 0. The van der Waals surface area contributed by atoms with E-state index >= 15 is 0 Å². The lowest BCUT2D eigenvalue weighted by Gasteiger charge is -2.21. The van der Waals surface area contributed by atoms with Gasteiger partial charge in [-0.2, -0.15) is 0 Å².